The standard InChI is InChI=1S/C13H10Cl2N4O2S2/c1-5-10-6(22-12(18-10)16-8(20)3-14)2-7-11(5)19-13(23-7)17-9(21)4-15/h2H,3-4H2,1H3,(H,16,18,20)(H,17,19,21). The molecule has 0 spiro atoms. The summed E-state index contributed by atoms with van der Waals surface area (Å²) < 4.78 is 1.86. The number of aromatic nitrogens is 2. The van der Waals surface area contributed by atoms with Gasteiger partial charge in [0.05, 0.1) is 20.4 Å². The lowest BCUT2D eigenvalue weighted by atomic mass is 10.2. The van der Waals surface area contributed by atoms with Crippen molar-refractivity contribution in [2.45, 2.75) is 6.92 Å². The zero-order valence-corrected chi connectivity index (χ0v) is 14.9. The monoisotopic (exact) mass is 388 g/mol. The van der Waals surface area contributed by atoms with E-state index in [1.54, 1.807) is 0 Å². The van der Waals surface area contributed by atoms with Crippen LogP contribution in [0.5, 0.6) is 0 Å². The van der Waals surface area contributed by atoms with Gasteiger partial charge in [0.25, 0.3) is 0 Å². The van der Waals surface area contributed by atoms with Gasteiger partial charge in [-0.15, -0.1) is 23.2 Å². The first-order chi connectivity index (χ1) is 11.0. The number of nitrogens with zero attached hydrogens (tertiary/aromatic N) is 2. The molecule has 23 heavy (non-hydrogen) atoms. The number of fused-ring (bicyclic) bond motifs is 2. The van der Waals surface area contributed by atoms with Gasteiger partial charge in [-0.25, -0.2) is 9.97 Å². The number of halogens is 2. The lowest BCUT2D eigenvalue weighted by molar-refractivity contribution is -0.114. The first-order valence-electron chi connectivity index (χ1n) is 6.44. The van der Waals surface area contributed by atoms with Crippen LogP contribution in [0.25, 0.3) is 20.4 Å². The molecule has 0 saturated heterocycles. The molecule has 0 aliphatic rings. The molecule has 10 heteroatoms. The van der Waals surface area contributed by atoms with Crippen LogP contribution >= 0.6 is 45.9 Å². The molecule has 0 unspecified atom stereocenters. The van der Waals surface area contributed by atoms with E-state index in [9.17, 15) is 9.59 Å². The number of aryl methyl sites for hydroxylation is 1. The largest absolute Gasteiger partial charge is 0.301 e. The first-order valence-corrected chi connectivity index (χ1v) is 9.14. The molecular weight excluding hydrogens is 379 g/mol. The molecule has 0 bridgehead atoms. The second-order valence-corrected chi connectivity index (χ2v) is 7.19. The third-order valence-corrected chi connectivity index (χ3v) is 5.34. The summed E-state index contributed by atoms with van der Waals surface area (Å²) in [5.74, 6) is -0.826. The Kier molecular flexibility index (Phi) is 4.67. The zero-order valence-electron chi connectivity index (χ0n) is 11.8. The van der Waals surface area contributed by atoms with Crippen molar-refractivity contribution in [2.24, 2.45) is 0 Å². The number of hydrogen-bond acceptors (Lipinski definition) is 6. The predicted octanol–water partition coefficient (Wildman–Crippen LogP) is 3.57. The smallest absolute Gasteiger partial charge is 0.241 e. The molecule has 120 valence electrons. The summed E-state index contributed by atoms with van der Waals surface area (Å²) in [4.78, 5) is 31.6. The maximum absolute atomic E-state index is 11.4. The maximum atomic E-state index is 11.4. The Bertz CT molecular complexity index is 851. The van der Waals surface area contributed by atoms with Gasteiger partial charge >= 0.3 is 0 Å². The van der Waals surface area contributed by atoms with Crippen molar-refractivity contribution in [3.05, 3.63) is 11.6 Å². The molecule has 0 aliphatic carbocycles. The van der Waals surface area contributed by atoms with Gasteiger partial charge in [-0.2, -0.15) is 0 Å². The van der Waals surface area contributed by atoms with Crippen molar-refractivity contribution in [3.63, 3.8) is 0 Å². The quantitative estimate of drug-likeness (QED) is 0.669. The minimum Gasteiger partial charge on any atom is -0.301 e. The van der Waals surface area contributed by atoms with E-state index < -0.39 is 0 Å². The van der Waals surface area contributed by atoms with Crippen molar-refractivity contribution >= 4 is 88.4 Å². The summed E-state index contributed by atoms with van der Waals surface area (Å²) in [6.07, 6.45) is 0. The van der Waals surface area contributed by atoms with Gasteiger partial charge in [0, 0.05) is 5.56 Å². The second-order valence-electron chi connectivity index (χ2n) is 4.60. The van der Waals surface area contributed by atoms with E-state index in [0.29, 0.717) is 10.3 Å². The Hall–Kier alpha value is -1.48. The molecule has 3 rings (SSSR count). The van der Waals surface area contributed by atoms with Gasteiger partial charge < -0.3 is 10.6 Å². The highest BCUT2D eigenvalue weighted by atomic mass is 35.5. The normalized spacial score (nSPS) is 11.1. The van der Waals surface area contributed by atoms with Gasteiger partial charge in [-0.1, -0.05) is 22.7 Å². The molecule has 0 atom stereocenters. The van der Waals surface area contributed by atoms with Crippen LogP contribution in [0.3, 0.4) is 0 Å². The van der Waals surface area contributed by atoms with E-state index in [1.807, 2.05) is 13.0 Å². The van der Waals surface area contributed by atoms with Gasteiger partial charge in [0.1, 0.15) is 11.8 Å². The second kappa shape index (κ2) is 6.56. The van der Waals surface area contributed by atoms with Crippen LogP contribution in [-0.4, -0.2) is 33.5 Å². The third-order valence-electron chi connectivity index (χ3n) is 3.01. The number of carbonyl (C=O) groups is 2. The van der Waals surface area contributed by atoms with Crippen LogP contribution in [0.4, 0.5) is 10.3 Å². The number of alkyl halides is 2. The molecule has 0 aliphatic heterocycles. The number of benzene rings is 1. The number of nitrogens with one attached hydrogen (secondary N) is 2. The van der Waals surface area contributed by atoms with Crippen LogP contribution < -0.4 is 10.6 Å². The van der Waals surface area contributed by atoms with Crippen LogP contribution in [-0.2, 0) is 9.59 Å². The molecule has 1 aromatic carbocycles. The molecule has 0 radical (unpaired) electrons. The van der Waals surface area contributed by atoms with Crippen molar-refractivity contribution in [3.8, 4) is 0 Å². The molecule has 2 aromatic heterocycles. The molecule has 2 heterocycles. The van der Waals surface area contributed by atoms with E-state index in [1.165, 1.54) is 22.7 Å². The summed E-state index contributed by atoms with van der Waals surface area (Å²) in [6, 6.07) is 1.94. The fourth-order valence-corrected chi connectivity index (χ4v) is 4.21. The average Bonchev–Trinajstić information content (AvgIpc) is 3.11. The van der Waals surface area contributed by atoms with Crippen molar-refractivity contribution in [2.75, 3.05) is 22.4 Å². The fraction of sp³-hybridized carbons (Fsp3) is 0.231. The molecular formula is C13H10Cl2N4O2S2. The Balaban J connectivity index is 2.03. The highest BCUT2D eigenvalue weighted by Gasteiger charge is 2.15. The van der Waals surface area contributed by atoms with Gasteiger partial charge in [0.2, 0.25) is 11.8 Å². The first kappa shape index (κ1) is 16.4. The number of anilines is 2. The zero-order chi connectivity index (χ0) is 16.6. The molecule has 0 fully saturated rings. The molecule has 2 N–H and O–H groups in total. The van der Waals surface area contributed by atoms with Gasteiger partial charge in [-0.05, 0) is 13.0 Å². The van der Waals surface area contributed by atoms with E-state index in [2.05, 4.69) is 20.6 Å². The van der Waals surface area contributed by atoms with E-state index in [0.717, 1.165) is 26.0 Å². The molecule has 0 saturated carbocycles. The van der Waals surface area contributed by atoms with Crippen LogP contribution in [0, 0.1) is 6.92 Å². The predicted molar refractivity (Wildman–Crippen MR) is 96.2 cm³/mol. The van der Waals surface area contributed by atoms with Crippen LogP contribution in [0.15, 0.2) is 6.07 Å². The molecule has 6 nitrogen and oxygen atoms in total. The van der Waals surface area contributed by atoms with Crippen molar-refractivity contribution in [1.82, 2.24) is 9.97 Å². The summed E-state index contributed by atoms with van der Waals surface area (Å²) in [5.41, 5.74) is 2.43. The summed E-state index contributed by atoms with van der Waals surface area (Å²) in [6.45, 7) is 1.91. The van der Waals surface area contributed by atoms with E-state index in [4.69, 9.17) is 23.2 Å². The van der Waals surface area contributed by atoms with Gasteiger partial charge in [0.15, 0.2) is 10.3 Å². The number of carbonyl (C=O) groups excluding carboxylic acids is 2. The Morgan fingerprint density at radius 3 is 1.83 bits per heavy atom. The van der Waals surface area contributed by atoms with Crippen molar-refractivity contribution in [1.29, 1.82) is 0 Å². The minimum absolute atomic E-state index is 0.116. The number of amides is 2. The fourth-order valence-electron chi connectivity index (χ4n) is 2.04. The number of rotatable bonds is 4. The Labute approximate surface area is 148 Å². The van der Waals surface area contributed by atoms with Crippen molar-refractivity contribution < 1.29 is 9.59 Å². The minimum atomic E-state index is -0.297. The average molecular weight is 389 g/mol. The number of thiazole rings is 2. The highest BCUT2D eigenvalue weighted by Crippen LogP contribution is 2.36. The van der Waals surface area contributed by atoms with Gasteiger partial charge in [-0.3, -0.25) is 9.59 Å². The maximum Gasteiger partial charge on any atom is 0.241 e. The summed E-state index contributed by atoms with van der Waals surface area (Å²) in [5, 5.41) is 6.30. The van der Waals surface area contributed by atoms with Crippen LogP contribution in [0.1, 0.15) is 5.56 Å². The SMILES string of the molecule is Cc1c2nc(NC(=O)CCl)sc2cc2sc(NC(=O)CCl)nc12. The Morgan fingerprint density at radius 2 is 1.43 bits per heavy atom. The third kappa shape index (κ3) is 3.25. The van der Waals surface area contributed by atoms with Crippen LogP contribution in [0.2, 0.25) is 0 Å². The molecule has 2 amide bonds. The Morgan fingerprint density at radius 1 is 1.00 bits per heavy atom. The van der Waals surface area contributed by atoms with E-state index in [-0.39, 0.29) is 23.6 Å². The lowest BCUT2D eigenvalue weighted by Gasteiger charge is -1.96. The molecule has 3 aromatic rings. The highest BCUT2D eigenvalue weighted by molar-refractivity contribution is 7.24. The number of hydrogen-bond donors (Lipinski definition) is 2. The van der Waals surface area contributed by atoms with E-state index >= 15 is 0 Å². The topological polar surface area (TPSA) is 84.0 Å². The summed E-state index contributed by atoms with van der Waals surface area (Å²) in [7, 11) is 0. The summed E-state index contributed by atoms with van der Waals surface area (Å²) >= 11 is 13.7. The lowest BCUT2D eigenvalue weighted by Crippen LogP contribution is -2.12.